The average molecular weight is 360 g/mol. The first-order chi connectivity index (χ1) is 12.0. The molecule has 0 atom stereocenters. The molecule has 9 heteroatoms. The van der Waals surface area contributed by atoms with Gasteiger partial charge in [-0.15, -0.1) is 0 Å². The summed E-state index contributed by atoms with van der Waals surface area (Å²) in [5.41, 5.74) is 3.86. The standard InChI is InChI=1S/C16H20N6O2S/c1-25(23,24)17-9-12-8-13-10-21(6-7-22(13)20-12)11-16-18-14-4-2-3-5-15(14)19-16/h2-5,8,17H,6-7,9-11H2,1H3,(H,18,19). The number of rotatable bonds is 5. The third kappa shape index (κ3) is 3.73. The van der Waals surface area contributed by atoms with Crippen LogP contribution in [0.25, 0.3) is 11.0 Å². The molecule has 0 saturated carbocycles. The van der Waals surface area contributed by atoms with Gasteiger partial charge in [-0.2, -0.15) is 5.10 Å². The number of nitrogens with one attached hydrogen (secondary N) is 2. The normalized spacial score (nSPS) is 15.6. The molecular weight excluding hydrogens is 340 g/mol. The highest BCUT2D eigenvalue weighted by molar-refractivity contribution is 7.88. The van der Waals surface area contributed by atoms with E-state index in [1.165, 1.54) is 0 Å². The molecule has 1 aliphatic heterocycles. The summed E-state index contributed by atoms with van der Waals surface area (Å²) in [6, 6.07) is 9.97. The van der Waals surface area contributed by atoms with Gasteiger partial charge in [-0.3, -0.25) is 9.58 Å². The van der Waals surface area contributed by atoms with Crippen LogP contribution < -0.4 is 4.72 Å². The highest BCUT2D eigenvalue weighted by Crippen LogP contribution is 2.17. The van der Waals surface area contributed by atoms with Gasteiger partial charge < -0.3 is 4.98 Å². The molecule has 0 amide bonds. The van der Waals surface area contributed by atoms with E-state index >= 15 is 0 Å². The molecule has 0 fully saturated rings. The van der Waals surface area contributed by atoms with Gasteiger partial charge >= 0.3 is 0 Å². The fraction of sp³-hybridized carbons (Fsp3) is 0.375. The van der Waals surface area contributed by atoms with E-state index in [0.717, 1.165) is 60.7 Å². The lowest BCUT2D eigenvalue weighted by molar-refractivity contribution is 0.201. The molecule has 0 bridgehead atoms. The Morgan fingerprint density at radius 3 is 2.92 bits per heavy atom. The van der Waals surface area contributed by atoms with E-state index in [1.807, 2.05) is 35.0 Å². The Kier molecular flexibility index (Phi) is 4.06. The van der Waals surface area contributed by atoms with E-state index in [2.05, 4.69) is 24.7 Å². The van der Waals surface area contributed by atoms with E-state index in [9.17, 15) is 8.42 Å². The topological polar surface area (TPSA) is 95.9 Å². The molecule has 1 aromatic carbocycles. The Hall–Kier alpha value is -2.23. The molecule has 8 nitrogen and oxygen atoms in total. The molecule has 4 rings (SSSR count). The number of fused-ring (bicyclic) bond motifs is 2. The van der Waals surface area contributed by atoms with Crippen molar-refractivity contribution in [3.8, 4) is 0 Å². The van der Waals surface area contributed by atoms with Gasteiger partial charge in [0.1, 0.15) is 5.82 Å². The molecule has 0 aliphatic carbocycles. The van der Waals surface area contributed by atoms with Crippen molar-refractivity contribution in [2.75, 3.05) is 12.8 Å². The number of aromatic nitrogens is 4. The molecule has 2 N–H and O–H groups in total. The molecule has 0 radical (unpaired) electrons. The molecule has 0 saturated heterocycles. The zero-order valence-electron chi connectivity index (χ0n) is 13.9. The lowest BCUT2D eigenvalue weighted by atomic mass is 10.3. The van der Waals surface area contributed by atoms with Crippen LogP contribution in [0.3, 0.4) is 0 Å². The number of hydrogen-bond donors (Lipinski definition) is 2. The number of para-hydroxylation sites is 2. The predicted molar refractivity (Wildman–Crippen MR) is 94.1 cm³/mol. The SMILES string of the molecule is CS(=O)(=O)NCc1cc2n(n1)CCN(Cc1nc3ccccc3[nH]1)C2. The number of aromatic amines is 1. The summed E-state index contributed by atoms with van der Waals surface area (Å²) in [6.07, 6.45) is 1.15. The van der Waals surface area contributed by atoms with Crippen molar-refractivity contribution in [1.29, 1.82) is 0 Å². The fourth-order valence-corrected chi connectivity index (χ4v) is 3.51. The summed E-state index contributed by atoms with van der Waals surface area (Å²) < 4.78 is 26.9. The van der Waals surface area contributed by atoms with E-state index in [1.54, 1.807) is 0 Å². The fourth-order valence-electron chi connectivity index (χ4n) is 3.10. The van der Waals surface area contributed by atoms with Crippen LogP contribution in [0.4, 0.5) is 0 Å². The van der Waals surface area contributed by atoms with Crippen molar-refractivity contribution in [2.24, 2.45) is 0 Å². The van der Waals surface area contributed by atoms with Crippen LogP contribution in [-0.4, -0.2) is 45.9 Å². The molecule has 1 aliphatic rings. The molecule has 0 unspecified atom stereocenters. The van der Waals surface area contributed by atoms with Gasteiger partial charge in [0.25, 0.3) is 0 Å². The van der Waals surface area contributed by atoms with Crippen LogP contribution in [0.15, 0.2) is 30.3 Å². The highest BCUT2D eigenvalue weighted by atomic mass is 32.2. The summed E-state index contributed by atoms with van der Waals surface area (Å²) in [6.45, 7) is 3.40. The van der Waals surface area contributed by atoms with Crippen molar-refractivity contribution < 1.29 is 8.42 Å². The molecule has 132 valence electrons. The Balaban J connectivity index is 1.44. The van der Waals surface area contributed by atoms with E-state index in [-0.39, 0.29) is 6.54 Å². The molecule has 3 aromatic rings. The third-order valence-electron chi connectivity index (χ3n) is 4.25. The first-order valence-electron chi connectivity index (χ1n) is 8.12. The van der Waals surface area contributed by atoms with Crippen molar-refractivity contribution in [3.63, 3.8) is 0 Å². The van der Waals surface area contributed by atoms with Gasteiger partial charge in [-0.25, -0.2) is 18.1 Å². The van der Waals surface area contributed by atoms with E-state index in [0.29, 0.717) is 0 Å². The van der Waals surface area contributed by atoms with Gasteiger partial charge in [0, 0.05) is 13.1 Å². The van der Waals surface area contributed by atoms with Crippen LogP contribution in [0.5, 0.6) is 0 Å². The second kappa shape index (κ2) is 6.25. The van der Waals surface area contributed by atoms with Gasteiger partial charge in [0.05, 0.1) is 48.3 Å². The molecule has 3 heterocycles. The van der Waals surface area contributed by atoms with Gasteiger partial charge in [-0.1, -0.05) is 12.1 Å². The minimum Gasteiger partial charge on any atom is -0.341 e. The molecule has 2 aromatic heterocycles. The lowest BCUT2D eigenvalue weighted by Gasteiger charge is -2.26. The third-order valence-corrected chi connectivity index (χ3v) is 4.92. The summed E-state index contributed by atoms with van der Waals surface area (Å²) in [5, 5.41) is 4.47. The summed E-state index contributed by atoms with van der Waals surface area (Å²) >= 11 is 0. The maximum atomic E-state index is 11.2. The number of nitrogens with zero attached hydrogens (tertiary/aromatic N) is 4. The maximum absolute atomic E-state index is 11.2. The van der Waals surface area contributed by atoms with Crippen LogP contribution >= 0.6 is 0 Å². The van der Waals surface area contributed by atoms with Crippen LogP contribution in [0, 0.1) is 0 Å². The highest BCUT2D eigenvalue weighted by Gasteiger charge is 2.19. The first-order valence-corrected chi connectivity index (χ1v) is 10.0. The Morgan fingerprint density at radius 2 is 2.12 bits per heavy atom. The molecular formula is C16H20N6O2S. The quantitative estimate of drug-likeness (QED) is 0.702. The van der Waals surface area contributed by atoms with Crippen molar-refractivity contribution >= 4 is 21.1 Å². The van der Waals surface area contributed by atoms with Crippen LogP contribution in [-0.2, 0) is 36.2 Å². The largest absolute Gasteiger partial charge is 0.341 e. The summed E-state index contributed by atoms with van der Waals surface area (Å²) in [5.74, 6) is 0.952. The predicted octanol–water partition coefficient (Wildman–Crippen LogP) is 0.824. The summed E-state index contributed by atoms with van der Waals surface area (Å²) in [4.78, 5) is 10.3. The van der Waals surface area contributed by atoms with E-state index < -0.39 is 10.0 Å². The number of benzene rings is 1. The zero-order valence-corrected chi connectivity index (χ0v) is 14.8. The maximum Gasteiger partial charge on any atom is 0.209 e. The second-order valence-corrected chi connectivity index (χ2v) is 8.19. The Labute approximate surface area is 145 Å². The number of imidazole rings is 1. The Bertz CT molecular complexity index is 974. The van der Waals surface area contributed by atoms with Crippen LogP contribution in [0.2, 0.25) is 0 Å². The zero-order chi connectivity index (χ0) is 17.4. The molecule has 0 spiro atoms. The average Bonchev–Trinajstić information content (AvgIpc) is 3.14. The van der Waals surface area contributed by atoms with Gasteiger partial charge in [-0.05, 0) is 18.2 Å². The van der Waals surface area contributed by atoms with Crippen LogP contribution in [0.1, 0.15) is 17.2 Å². The van der Waals surface area contributed by atoms with Gasteiger partial charge in [0.15, 0.2) is 0 Å². The minimum atomic E-state index is -3.21. The number of hydrogen-bond acceptors (Lipinski definition) is 5. The van der Waals surface area contributed by atoms with Crippen molar-refractivity contribution in [2.45, 2.75) is 26.2 Å². The smallest absolute Gasteiger partial charge is 0.209 e. The number of sulfonamides is 1. The van der Waals surface area contributed by atoms with Gasteiger partial charge in [0.2, 0.25) is 10.0 Å². The van der Waals surface area contributed by atoms with Crippen molar-refractivity contribution in [1.82, 2.24) is 29.4 Å². The minimum absolute atomic E-state index is 0.225. The first kappa shape index (κ1) is 16.2. The molecule has 25 heavy (non-hydrogen) atoms. The van der Waals surface area contributed by atoms with E-state index in [4.69, 9.17) is 0 Å². The number of H-pyrrole nitrogens is 1. The Morgan fingerprint density at radius 1 is 1.28 bits per heavy atom. The second-order valence-electron chi connectivity index (χ2n) is 6.35. The monoisotopic (exact) mass is 360 g/mol. The summed E-state index contributed by atoms with van der Waals surface area (Å²) in [7, 11) is -3.21. The lowest BCUT2D eigenvalue weighted by Crippen LogP contribution is -2.33. The van der Waals surface area contributed by atoms with Crippen molar-refractivity contribution in [3.05, 3.63) is 47.5 Å².